The van der Waals surface area contributed by atoms with Gasteiger partial charge in [-0.15, -0.1) is 0 Å². The summed E-state index contributed by atoms with van der Waals surface area (Å²) in [4.78, 5) is 33.2. The molecule has 0 spiro atoms. The number of unbranched alkanes of at least 4 members (excludes halogenated alkanes) is 2. The molecule has 1 N–H and O–H groups in total. The minimum Gasteiger partial charge on any atom is -0.459 e. The summed E-state index contributed by atoms with van der Waals surface area (Å²) in [5, 5.41) is 26.7. The zero-order valence-electron chi connectivity index (χ0n) is 19.8. The molecule has 3 aromatic carbocycles. The van der Waals surface area contributed by atoms with Crippen LogP contribution in [0, 0.1) is 20.2 Å². The Kier molecular flexibility index (Phi) is 9.21. The number of hydrogen-bond donors (Lipinski definition) is 1. The summed E-state index contributed by atoms with van der Waals surface area (Å²) in [7, 11) is 0. The number of hydrazone groups is 1. The van der Waals surface area contributed by atoms with Gasteiger partial charge in [-0.2, -0.15) is 5.10 Å². The van der Waals surface area contributed by atoms with Crippen molar-refractivity contribution in [2.45, 2.75) is 32.6 Å². The van der Waals surface area contributed by atoms with Crippen LogP contribution in [0.1, 0.15) is 38.2 Å². The highest BCUT2D eigenvalue weighted by atomic mass is 16.6. The number of anilines is 1. The molecule has 0 amide bonds. The maximum atomic E-state index is 12.2. The molecule has 0 aromatic heterocycles. The number of esters is 1. The molecule has 0 aliphatic rings. The smallest absolute Gasteiger partial charge is 0.306 e. The molecule has 3 aromatic rings. The standard InChI is InChI=1S/C26H26N4O6/c1-2-3-5-10-26(31)36-18-24(21-13-11-20(12-14-21)19-8-6-4-7-9-19)28-27-23-16-15-22(29(32)33)17-25(23)30(34)35/h4,6-9,11-17,27H,2-3,5,10,18H2,1H3. The number of carbonyl (C=O) groups is 1. The van der Waals surface area contributed by atoms with Gasteiger partial charge in [0.1, 0.15) is 18.0 Å². The number of ether oxygens (including phenoxy) is 1. The Morgan fingerprint density at radius 3 is 2.25 bits per heavy atom. The van der Waals surface area contributed by atoms with Gasteiger partial charge in [-0.3, -0.25) is 30.4 Å². The van der Waals surface area contributed by atoms with E-state index in [1.54, 1.807) is 0 Å². The van der Waals surface area contributed by atoms with E-state index in [-0.39, 0.29) is 24.7 Å². The van der Waals surface area contributed by atoms with Gasteiger partial charge in [0.05, 0.1) is 15.9 Å². The highest BCUT2D eigenvalue weighted by Crippen LogP contribution is 2.29. The van der Waals surface area contributed by atoms with Crippen LogP contribution in [0.2, 0.25) is 0 Å². The first-order valence-electron chi connectivity index (χ1n) is 11.5. The fourth-order valence-electron chi connectivity index (χ4n) is 3.41. The summed E-state index contributed by atoms with van der Waals surface area (Å²) in [6.07, 6.45) is 2.91. The number of rotatable bonds is 12. The fraction of sp³-hybridized carbons (Fsp3) is 0.231. The summed E-state index contributed by atoms with van der Waals surface area (Å²) in [6.45, 7) is 1.89. The van der Waals surface area contributed by atoms with Crippen molar-refractivity contribution in [1.82, 2.24) is 0 Å². The van der Waals surface area contributed by atoms with Crippen LogP contribution in [-0.4, -0.2) is 28.1 Å². The molecule has 0 atom stereocenters. The van der Waals surface area contributed by atoms with Gasteiger partial charge in [0.15, 0.2) is 0 Å². The van der Waals surface area contributed by atoms with Crippen LogP contribution >= 0.6 is 0 Å². The van der Waals surface area contributed by atoms with E-state index < -0.39 is 21.2 Å². The second kappa shape index (κ2) is 12.7. The molecule has 0 fully saturated rings. The number of benzene rings is 3. The first-order chi connectivity index (χ1) is 17.4. The van der Waals surface area contributed by atoms with Crippen molar-refractivity contribution in [3.8, 4) is 11.1 Å². The zero-order chi connectivity index (χ0) is 25.9. The Bertz CT molecular complexity index is 1240. The van der Waals surface area contributed by atoms with Gasteiger partial charge in [0, 0.05) is 18.1 Å². The van der Waals surface area contributed by atoms with Crippen LogP contribution in [0.3, 0.4) is 0 Å². The molecule has 0 saturated carbocycles. The van der Waals surface area contributed by atoms with Crippen LogP contribution < -0.4 is 5.43 Å². The minimum atomic E-state index is -0.729. The van der Waals surface area contributed by atoms with E-state index >= 15 is 0 Å². The van der Waals surface area contributed by atoms with E-state index in [2.05, 4.69) is 10.5 Å². The quantitative estimate of drug-likeness (QED) is 0.106. The summed E-state index contributed by atoms with van der Waals surface area (Å²) in [5.74, 6) is -0.363. The largest absolute Gasteiger partial charge is 0.459 e. The topological polar surface area (TPSA) is 137 Å². The molecule has 0 heterocycles. The lowest BCUT2D eigenvalue weighted by atomic mass is 10.0. The monoisotopic (exact) mass is 490 g/mol. The lowest BCUT2D eigenvalue weighted by molar-refractivity contribution is -0.393. The van der Waals surface area contributed by atoms with Crippen LogP contribution in [0.5, 0.6) is 0 Å². The van der Waals surface area contributed by atoms with Crippen molar-refractivity contribution >= 4 is 28.7 Å². The number of nitrogens with one attached hydrogen (secondary N) is 1. The van der Waals surface area contributed by atoms with E-state index in [9.17, 15) is 25.0 Å². The Labute approximate surface area is 207 Å². The highest BCUT2D eigenvalue weighted by Gasteiger charge is 2.20. The SMILES string of the molecule is CCCCCC(=O)OCC(=NNc1ccc([N+](=O)[O-])cc1[N+](=O)[O-])c1ccc(-c2ccccc2)cc1. The van der Waals surface area contributed by atoms with E-state index in [1.165, 1.54) is 6.07 Å². The van der Waals surface area contributed by atoms with Crippen LogP contribution in [0.4, 0.5) is 17.1 Å². The van der Waals surface area contributed by atoms with Gasteiger partial charge in [0.25, 0.3) is 5.69 Å². The molecule has 186 valence electrons. The number of nitro benzene ring substituents is 2. The normalized spacial score (nSPS) is 11.1. The van der Waals surface area contributed by atoms with Gasteiger partial charge in [-0.25, -0.2) is 0 Å². The van der Waals surface area contributed by atoms with Crippen molar-refractivity contribution < 1.29 is 19.4 Å². The Morgan fingerprint density at radius 1 is 0.917 bits per heavy atom. The zero-order valence-corrected chi connectivity index (χ0v) is 19.8. The molecule has 0 bridgehead atoms. The first-order valence-corrected chi connectivity index (χ1v) is 11.5. The van der Waals surface area contributed by atoms with E-state index in [4.69, 9.17) is 4.74 Å². The highest BCUT2D eigenvalue weighted by molar-refractivity contribution is 6.03. The lowest BCUT2D eigenvalue weighted by Gasteiger charge is -2.11. The van der Waals surface area contributed by atoms with Crippen molar-refractivity contribution in [3.05, 3.63) is 98.6 Å². The average Bonchev–Trinajstić information content (AvgIpc) is 2.89. The number of non-ortho nitro benzene ring substituents is 1. The van der Waals surface area contributed by atoms with Crippen LogP contribution in [0.15, 0.2) is 77.9 Å². The second-order valence-corrected chi connectivity index (χ2v) is 7.95. The van der Waals surface area contributed by atoms with E-state index in [1.807, 2.05) is 61.5 Å². The molecular formula is C26H26N4O6. The van der Waals surface area contributed by atoms with Crippen molar-refractivity contribution in [2.75, 3.05) is 12.0 Å². The van der Waals surface area contributed by atoms with Crippen LogP contribution in [-0.2, 0) is 9.53 Å². The summed E-state index contributed by atoms with van der Waals surface area (Å²) in [6, 6.07) is 20.4. The Morgan fingerprint density at radius 2 is 1.61 bits per heavy atom. The maximum absolute atomic E-state index is 12.2. The predicted molar refractivity (Wildman–Crippen MR) is 137 cm³/mol. The van der Waals surface area contributed by atoms with E-state index in [0.717, 1.165) is 42.5 Å². The molecule has 0 aliphatic heterocycles. The molecule has 10 nitrogen and oxygen atoms in total. The van der Waals surface area contributed by atoms with Gasteiger partial charge >= 0.3 is 11.7 Å². The first kappa shape index (κ1) is 26.0. The third-order valence-electron chi connectivity index (χ3n) is 5.38. The van der Waals surface area contributed by atoms with Crippen molar-refractivity contribution in [2.24, 2.45) is 5.10 Å². The van der Waals surface area contributed by atoms with Gasteiger partial charge in [-0.05, 0) is 23.6 Å². The maximum Gasteiger partial charge on any atom is 0.306 e. The number of hydrogen-bond acceptors (Lipinski definition) is 8. The molecule has 10 heteroatoms. The Balaban J connectivity index is 1.87. The lowest BCUT2D eigenvalue weighted by Crippen LogP contribution is -2.16. The number of carbonyl (C=O) groups excluding carboxylic acids is 1. The van der Waals surface area contributed by atoms with Crippen molar-refractivity contribution in [1.29, 1.82) is 0 Å². The fourth-order valence-corrected chi connectivity index (χ4v) is 3.41. The molecule has 0 unspecified atom stereocenters. The summed E-state index contributed by atoms with van der Waals surface area (Å²) in [5.41, 5.74) is 4.68. The van der Waals surface area contributed by atoms with Gasteiger partial charge in [0.2, 0.25) is 0 Å². The second-order valence-electron chi connectivity index (χ2n) is 7.95. The molecule has 0 aliphatic carbocycles. The molecule has 3 rings (SSSR count). The van der Waals surface area contributed by atoms with Crippen LogP contribution in [0.25, 0.3) is 11.1 Å². The summed E-state index contributed by atoms with van der Waals surface area (Å²) >= 11 is 0. The molecule has 0 saturated heterocycles. The molecule has 36 heavy (non-hydrogen) atoms. The van der Waals surface area contributed by atoms with Gasteiger partial charge < -0.3 is 4.74 Å². The minimum absolute atomic E-state index is 0.0294. The Hall–Kier alpha value is -4.60. The van der Waals surface area contributed by atoms with Gasteiger partial charge in [-0.1, -0.05) is 74.4 Å². The van der Waals surface area contributed by atoms with Crippen molar-refractivity contribution in [3.63, 3.8) is 0 Å². The number of nitro groups is 2. The predicted octanol–water partition coefficient (Wildman–Crippen LogP) is 6.11. The third kappa shape index (κ3) is 7.20. The average molecular weight is 491 g/mol. The molecule has 0 radical (unpaired) electrons. The number of nitrogens with zero attached hydrogens (tertiary/aromatic N) is 3. The van der Waals surface area contributed by atoms with E-state index in [0.29, 0.717) is 11.3 Å². The molecular weight excluding hydrogens is 464 g/mol. The summed E-state index contributed by atoms with van der Waals surface area (Å²) < 4.78 is 5.40. The third-order valence-corrected chi connectivity index (χ3v) is 5.38.